The molecule has 2 nitrogen and oxygen atoms in total. The Labute approximate surface area is 159 Å². The van der Waals surface area contributed by atoms with E-state index < -0.39 is 0 Å². The standard InChI is InChI=1S/C24H37NO/c1-23-13-12-21-19(10-8-17-6-5-7-22(26)24(17,21)2)20(23)11-9-18(23)16-25-14-3-4-15-25/h8-9,19-22,26H,3-7,10-16H2,1-2H3/t19-,20-,21-,22?,23+,24-/m0/s1. The highest BCUT2D eigenvalue weighted by Gasteiger charge is 2.58. The van der Waals surface area contributed by atoms with Crippen molar-refractivity contribution >= 4 is 0 Å². The summed E-state index contributed by atoms with van der Waals surface area (Å²) in [6.07, 6.45) is 16.5. The van der Waals surface area contributed by atoms with E-state index in [4.69, 9.17) is 0 Å². The van der Waals surface area contributed by atoms with E-state index in [1.165, 1.54) is 71.0 Å². The molecular formula is C24H37NO. The van der Waals surface area contributed by atoms with E-state index in [9.17, 15) is 5.11 Å². The third-order valence-corrected chi connectivity index (χ3v) is 9.49. The Morgan fingerprint density at radius 1 is 1.04 bits per heavy atom. The van der Waals surface area contributed by atoms with E-state index in [0.29, 0.717) is 11.3 Å². The molecule has 0 aromatic heterocycles. The van der Waals surface area contributed by atoms with Crippen LogP contribution in [0.2, 0.25) is 0 Å². The van der Waals surface area contributed by atoms with Crippen LogP contribution in [0.3, 0.4) is 0 Å². The first-order valence-electron chi connectivity index (χ1n) is 11.3. The second kappa shape index (κ2) is 6.21. The fourth-order valence-corrected chi connectivity index (χ4v) is 7.80. The van der Waals surface area contributed by atoms with Crippen molar-refractivity contribution < 1.29 is 5.11 Å². The maximum atomic E-state index is 11.0. The third kappa shape index (κ3) is 2.37. The van der Waals surface area contributed by atoms with Crippen molar-refractivity contribution in [3.8, 4) is 0 Å². The van der Waals surface area contributed by atoms with Crippen molar-refractivity contribution in [1.29, 1.82) is 0 Å². The zero-order valence-electron chi connectivity index (χ0n) is 16.8. The van der Waals surface area contributed by atoms with Crippen molar-refractivity contribution in [2.75, 3.05) is 19.6 Å². The molecule has 0 radical (unpaired) electrons. The minimum absolute atomic E-state index is 0.0696. The van der Waals surface area contributed by atoms with Crippen LogP contribution < -0.4 is 0 Å². The Hall–Kier alpha value is -0.600. The van der Waals surface area contributed by atoms with Gasteiger partial charge in [0.05, 0.1) is 6.10 Å². The van der Waals surface area contributed by atoms with Gasteiger partial charge in [-0.25, -0.2) is 0 Å². The number of likely N-dealkylation sites (tertiary alicyclic amines) is 1. The van der Waals surface area contributed by atoms with Crippen LogP contribution in [-0.2, 0) is 0 Å². The van der Waals surface area contributed by atoms with Crippen LogP contribution in [0, 0.1) is 28.6 Å². The lowest BCUT2D eigenvalue weighted by atomic mass is 9.47. The molecule has 1 aliphatic heterocycles. The highest BCUT2D eigenvalue weighted by atomic mass is 16.3. The molecular weight excluding hydrogens is 318 g/mol. The number of fused-ring (bicyclic) bond motifs is 5. The summed E-state index contributed by atoms with van der Waals surface area (Å²) >= 11 is 0. The molecule has 6 atom stereocenters. The summed E-state index contributed by atoms with van der Waals surface area (Å²) in [5.41, 5.74) is 3.85. The van der Waals surface area contributed by atoms with Crippen molar-refractivity contribution in [2.24, 2.45) is 28.6 Å². The molecule has 4 aliphatic carbocycles. The quantitative estimate of drug-likeness (QED) is 0.709. The first-order valence-corrected chi connectivity index (χ1v) is 11.3. The molecule has 0 amide bonds. The highest BCUT2D eigenvalue weighted by Crippen LogP contribution is 2.64. The summed E-state index contributed by atoms with van der Waals surface area (Å²) in [7, 11) is 0. The Kier molecular flexibility index (Phi) is 4.18. The summed E-state index contributed by atoms with van der Waals surface area (Å²) in [5, 5.41) is 11.0. The lowest BCUT2D eigenvalue weighted by molar-refractivity contribution is -0.0782. The van der Waals surface area contributed by atoms with Crippen molar-refractivity contribution in [3.63, 3.8) is 0 Å². The van der Waals surface area contributed by atoms with Gasteiger partial charge in [0.25, 0.3) is 0 Å². The fourth-order valence-electron chi connectivity index (χ4n) is 7.80. The predicted octanol–water partition coefficient (Wildman–Crippen LogP) is 4.94. The molecule has 26 heavy (non-hydrogen) atoms. The van der Waals surface area contributed by atoms with Crippen LogP contribution in [-0.4, -0.2) is 35.7 Å². The normalized spacial score (nSPS) is 48.4. The van der Waals surface area contributed by atoms with E-state index in [1.54, 1.807) is 11.1 Å². The van der Waals surface area contributed by atoms with E-state index in [2.05, 4.69) is 30.9 Å². The number of allylic oxidation sites excluding steroid dienone is 2. The molecule has 0 spiro atoms. The fraction of sp³-hybridized carbons (Fsp3) is 0.833. The number of aliphatic hydroxyl groups excluding tert-OH is 1. The van der Waals surface area contributed by atoms with E-state index in [1.807, 2.05) is 0 Å². The molecule has 0 aromatic rings. The lowest BCUT2D eigenvalue weighted by Crippen LogP contribution is -2.54. The molecule has 144 valence electrons. The Morgan fingerprint density at radius 2 is 1.85 bits per heavy atom. The molecule has 2 saturated carbocycles. The average Bonchev–Trinajstić information content (AvgIpc) is 3.25. The van der Waals surface area contributed by atoms with Gasteiger partial charge in [-0.3, -0.25) is 4.90 Å². The second-order valence-electron chi connectivity index (χ2n) is 10.4. The van der Waals surface area contributed by atoms with Crippen LogP contribution in [0.5, 0.6) is 0 Å². The number of rotatable bonds is 2. The van der Waals surface area contributed by atoms with Gasteiger partial charge in [-0.1, -0.05) is 37.1 Å². The lowest BCUT2D eigenvalue weighted by Gasteiger charge is -2.58. The molecule has 1 saturated heterocycles. The minimum atomic E-state index is -0.113. The van der Waals surface area contributed by atoms with Crippen molar-refractivity contribution in [3.05, 3.63) is 23.3 Å². The molecule has 5 rings (SSSR count). The largest absolute Gasteiger partial charge is 0.392 e. The van der Waals surface area contributed by atoms with Crippen LogP contribution in [0.4, 0.5) is 0 Å². The Morgan fingerprint density at radius 3 is 2.65 bits per heavy atom. The number of nitrogens with zero attached hydrogens (tertiary/aromatic N) is 1. The van der Waals surface area contributed by atoms with Crippen LogP contribution in [0.25, 0.3) is 0 Å². The van der Waals surface area contributed by atoms with Gasteiger partial charge in [0, 0.05) is 12.0 Å². The summed E-state index contributed by atoms with van der Waals surface area (Å²) in [4.78, 5) is 2.69. The van der Waals surface area contributed by atoms with Crippen LogP contribution >= 0.6 is 0 Å². The molecule has 2 heteroatoms. The maximum absolute atomic E-state index is 11.0. The van der Waals surface area contributed by atoms with Gasteiger partial charge < -0.3 is 5.11 Å². The third-order valence-electron chi connectivity index (χ3n) is 9.49. The van der Waals surface area contributed by atoms with E-state index >= 15 is 0 Å². The van der Waals surface area contributed by atoms with Gasteiger partial charge in [0.15, 0.2) is 0 Å². The van der Waals surface area contributed by atoms with Gasteiger partial charge in [-0.05, 0) is 94.0 Å². The average molecular weight is 356 g/mol. The molecule has 3 fully saturated rings. The zero-order chi connectivity index (χ0) is 17.9. The molecule has 0 bridgehead atoms. The van der Waals surface area contributed by atoms with Gasteiger partial charge >= 0.3 is 0 Å². The molecule has 0 aromatic carbocycles. The summed E-state index contributed by atoms with van der Waals surface area (Å²) in [6, 6.07) is 0. The minimum Gasteiger partial charge on any atom is -0.392 e. The predicted molar refractivity (Wildman–Crippen MR) is 107 cm³/mol. The molecule has 1 N–H and O–H groups in total. The van der Waals surface area contributed by atoms with Gasteiger partial charge in [-0.15, -0.1) is 0 Å². The monoisotopic (exact) mass is 355 g/mol. The van der Waals surface area contributed by atoms with Crippen LogP contribution in [0.15, 0.2) is 23.3 Å². The van der Waals surface area contributed by atoms with Gasteiger partial charge in [0.1, 0.15) is 0 Å². The Balaban J connectivity index is 1.41. The van der Waals surface area contributed by atoms with Gasteiger partial charge in [-0.2, -0.15) is 0 Å². The first-order chi connectivity index (χ1) is 12.5. The summed E-state index contributed by atoms with van der Waals surface area (Å²) < 4.78 is 0. The second-order valence-corrected chi connectivity index (χ2v) is 10.4. The summed E-state index contributed by atoms with van der Waals surface area (Å²) in [5.74, 6) is 2.29. The zero-order valence-corrected chi connectivity index (χ0v) is 16.8. The molecule has 5 aliphatic rings. The topological polar surface area (TPSA) is 23.5 Å². The summed E-state index contributed by atoms with van der Waals surface area (Å²) in [6.45, 7) is 8.84. The van der Waals surface area contributed by atoms with Crippen molar-refractivity contribution in [1.82, 2.24) is 4.90 Å². The molecule has 1 unspecified atom stereocenters. The Bertz CT molecular complexity index is 630. The SMILES string of the molecule is C[C@]12CC[C@H]3[C@@H](CC=C4CCCC(O)[C@@]43C)[C@@H]1CC=C2CN1CCCC1. The molecule has 1 heterocycles. The smallest absolute Gasteiger partial charge is 0.0633 e. The van der Waals surface area contributed by atoms with Crippen LogP contribution in [0.1, 0.15) is 71.6 Å². The highest BCUT2D eigenvalue weighted by molar-refractivity contribution is 5.31. The number of aliphatic hydroxyl groups is 1. The van der Waals surface area contributed by atoms with Gasteiger partial charge in [0.2, 0.25) is 0 Å². The maximum Gasteiger partial charge on any atom is 0.0633 e. The number of hydrogen-bond donors (Lipinski definition) is 1. The van der Waals surface area contributed by atoms with E-state index in [0.717, 1.165) is 18.3 Å². The van der Waals surface area contributed by atoms with E-state index in [-0.39, 0.29) is 11.5 Å². The van der Waals surface area contributed by atoms with Crippen molar-refractivity contribution in [2.45, 2.75) is 77.7 Å². The number of hydrogen-bond acceptors (Lipinski definition) is 2. The first kappa shape index (κ1) is 17.5.